The highest BCUT2D eigenvalue weighted by atomic mass is 79.9. The van der Waals surface area contributed by atoms with Crippen molar-refractivity contribution in [3.8, 4) is 5.75 Å². The molecule has 0 aliphatic carbocycles. The maximum atomic E-state index is 12.1. The van der Waals surface area contributed by atoms with Crippen LogP contribution < -0.4 is 10.1 Å². The van der Waals surface area contributed by atoms with Crippen LogP contribution in [0.15, 0.2) is 34.8 Å². The summed E-state index contributed by atoms with van der Waals surface area (Å²) in [6.07, 6.45) is 0. The van der Waals surface area contributed by atoms with Crippen LogP contribution in [0.5, 0.6) is 5.75 Å². The van der Waals surface area contributed by atoms with E-state index < -0.39 is 4.92 Å². The minimum Gasteiger partial charge on any atom is -0.483 e. The number of nitro groups is 1. The van der Waals surface area contributed by atoms with Gasteiger partial charge in [0.2, 0.25) is 0 Å². The Balaban J connectivity index is 2.07. The predicted octanol–water partition coefficient (Wildman–Crippen LogP) is 4.30. The minimum atomic E-state index is -0.500. The average Bonchev–Trinajstić information content (AvgIpc) is 2.48. The molecule has 0 radical (unpaired) electrons. The second-order valence-electron chi connectivity index (χ2n) is 5.46. The van der Waals surface area contributed by atoms with Crippen LogP contribution >= 0.6 is 15.9 Å². The van der Waals surface area contributed by atoms with Crippen molar-refractivity contribution in [3.05, 3.63) is 61.6 Å². The lowest BCUT2D eigenvalue weighted by Gasteiger charge is -2.13. The number of aryl methyl sites for hydroxylation is 3. The fraction of sp³-hybridized carbons (Fsp3) is 0.235. The molecule has 1 amide bonds. The summed E-state index contributed by atoms with van der Waals surface area (Å²) in [5.41, 5.74) is 2.91. The van der Waals surface area contributed by atoms with Crippen molar-refractivity contribution in [2.45, 2.75) is 20.8 Å². The lowest BCUT2D eigenvalue weighted by molar-refractivity contribution is -0.384. The molecule has 2 aromatic carbocycles. The number of hydrogen-bond acceptors (Lipinski definition) is 4. The Labute approximate surface area is 148 Å². The molecule has 0 aliphatic heterocycles. The van der Waals surface area contributed by atoms with Crippen LogP contribution in [0, 0.1) is 30.9 Å². The molecule has 2 aromatic rings. The topological polar surface area (TPSA) is 81.5 Å². The number of benzene rings is 2. The number of nitro benzene ring substituents is 1. The van der Waals surface area contributed by atoms with E-state index in [1.807, 2.05) is 26.0 Å². The number of hydrogen-bond donors (Lipinski definition) is 1. The highest BCUT2D eigenvalue weighted by Gasteiger charge is 2.13. The van der Waals surface area contributed by atoms with E-state index in [-0.39, 0.29) is 18.2 Å². The zero-order valence-electron chi connectivity index (χ0n) is 13.6. The molecule has 0 saturated heterocycles. The standard InChI is InChI=1S/C17H17BrN2O4/c1-10-4-5-14(20(22)23)8-15(10)19-16(21)9-24-17-11(2)6-13(18)7-12(17)3/h4-8H,9H2,1-3H3,(H,19,21). The van der Waals surface area contributed by atoms with Crippen molar-refractivity contribution in [2.75, 3.05) is 11.9 Å². The van der Waals surface area contributed by atoms with E-state index in [1.54, 1.807) is 13.0 Å². The van der Waals surface area contributed by atoms with Crippen LogP contribution in [0.1, 0.15) is 16.7 Å². The van der Waals surface area contributed by atoms with Gasteiger partial charge >= 0.3 is 0 Å². The molecule has 2 rings (SSSR count). The van der Waals surface area contributed by atoms with Gasteiger partial charge in [0.1, 0.15) is 5.75 Å². The van der Waals surface area contributed by atoms with Gasteiger partial charge in [0, 0.05) is 16.6 Å². The van der Waals surface area contributed by atoms with Crippen molar-refractivity contribution in [1.29, 1.82) is 0 Å². The van der Waals surface area contributed by atoms with E-state index in [0.29, 0.717) is 11.4 Å². The van der Waals surface area contributed by atoms with E-state index in [1.165, 1.54) is 12.1 Å². The molecule has 1 N–H and O–H groups in total. The van der Waals surface area contributed by atoms with Crippen molar-refractivity contribution >= 4 is 33.2 Å². The first-order chi connectivity index (χ1) is 11.3. The Morgan fingerprint density at radius 3 is 2.38 bits per heavy atom. The largest absolute Gasteiger partial charge is 0.483 e. The van der Waals surface area contributed by atoms with Gasteiger partial charge in [-0.15, -0.1) is 0 Å². The maximum absolute atomic E-state index is 12.1. The van der Waals surface area contributed by atoms with Gasteiger partial charge in [0.25, 0.3) is 11.6 Å². The Hall–Kier alpha value is -2.41. The van der Waals surface area contributed by atoms with Crippen molar-refractivity contribution in [1.82, 2.24) is 0 Å². The number of carbonyl (C=O) groups excluding carboxylic acids is 1. The van der Waals surface area contributed by atoms with E-state index >= 15 is 0 Å². The molecule has 0 fully saturated rings. The van der Waals surface area contributed by atoms with Crippen LogP contribution in [0.3, 0.4) is 0 Å². The molecule has 24 heavy (non-hydrogen) atoms. The quantitative estimate of drug-likeness (QED) is 0.607. The van der Waals surface area contributed by atoms with Crippen LogP contribution in [-0.2, 0) is 4.79 Å². The summed E-state index contributed by atoms with van der Waals surface area (Å²) in [4.78, 5) is 22.4. The Morgan fingerprint density at radius 1 is 1.17 bits per heavy atom. The van der Waals surface area contributed by atoms with Gasteiger partial charge in [-0.25, -0.2) is 0 Å². The zero-order chi connectivity index (χ0) is 17.9. The smallest absolute Gasteiger partial charge is 0.271 e. The Morgan fingerprint density at radius 2 is 1.79 bits per heavy atom. The molecule has 0 heterocycles. The number of halogens is 1. The molecular formula is C17H17BrN2O4. The van der Waals surface area contributed by atoms with Crippen molar-refractivity contribution in [3.63, 3.8) is 0 Å². The number of nitrogens with one attached hydrogen (secondary N) is 1. The van der Waals surface area contributed by atoms with Gasteiger partial charge < -0.3 is 10.1 Å². The van der Waals surface area contributed by atoms with E-state index in [2.05, 4.69) is 21.2 Å². The number of anilines is 1. The summed E-state index contributed by atoms with van der Waals surface area (Å²) in [5, 5.41) is 13.5. The monoisotopic (exact) mass is 392 g/mol. The number of amides is 1. The van der Waals surface area contributed by atoms with Gasteiger partial charge in [-0.2, -0.15) is 0 Å². The molecule has 0 unspecified atom stereocenters. The number of non-ortho nitro benzene ring substituents is 1. The zero-order valence-corrected chi connectivity index (χ0v) is 15.1. The molecule has 6 nitrogen and oxygen atoms in total. The lowest BCUT2D eigenvalue weighted by Crippen LogP contribution is -2.21. The number of rotatable bonds is 5. The second kappa shape index (κ2) is 7.44. The van der Waals surface area contributed by atoms with Crippen LogP contribution in [-0.4, -0.2) is 17.4 Å². The van der Waals surface area contributed by atoms with E-state index in [4.69, 9.17) is 4.74 Å². The normalized spacial score (nSPS) is 10.3. The lowest BCUT2D eigenvalue weighted by atomic mass is 10.1. The number of carbonyl (C=O) groups is 1. The van der Waals surface area contributed by atoms with Crippen LogP contribution in [0.2, 0.25) is 0 Å². The summed E-state index contributed by atoms with van der Waals surface area (Å²) in [5.74, 6) is 0.282. The first-order valence-electron chi connectivity index (χ1n) is 7.22. The SMILES string of the molecule is Cc1ccc([N+](=O)[O-])cc1NC(=O)COc1c(C)cc(Br)cc1C. The second-order valence-corrected chi connectivity index (χ2v) is 6.38. The van der Waals surface area contributed by atoms with Gasteiger partial charge in [-0.05, 0) is 49.6 Å². The molecule has 7 heteroatoms. The third-order valence-electron chi connectivity index (χ3n) is 3.48. The molecule has 0 aromatic heterocycles. The predicted molar refractivity (Wildman–Crippen MR) is 95.6 cm³/mol. The van der Waals surface area contributed by atoms with Gasteiger partial charge in [-0.1, -0.05) is 22.0 Å². The average molecular weight is 393 g/mol. The Bertz CT molecular complexity index is 782. The minimum absolute atomic E-state index is 0.0728. The number of nitrogens with zero attached hydrogens (tertiary/aromatic N) is 1. The van der Waals surface area contributed by atoms with Gasteiger partial charge in [0.15, 0.2) is 6.61 Å². The van der Waals surface area contributed by atoms with E-state index in [0.717, 1.165) is 21.2 Å². The third-order valence-corrected chi connectivity index (χ3v) is 3.94. The van der Waals surface area contributed by atoms with E-state index in [9.17, 15) is 14.9 Å². The van der Waals surface area contributed by atoms with Crippen LogP contribution in [0.4, 0.5) is 11.4 Å². The fourth-order valence-electron chi connectivity index (χ4n) is 2.31. The number of ether oxygens (including phenoxy) is 1. The van der Waals surface area contributed by atoms with Crippen LogP contribution in [0.25, 0.3) is 0 Å². The maximum Gasteiger partial charge on any atom is 0.271 e. The first-order valence-corrected chi connectivity index (χ1v) is 8.01. The first kappa shape index (κ1) is 17.9. The summed E-state index contributed by atoms with van der Waals surface area (Å²) in [6, 6.07) is 8.15. The van der Waals surface area contributed by atoms with Crippen molar-refractivity contribution in [2.24, 2.45) is 0 Å². The molecule has 0 aliphatic rings. The molecule has 0 spiro atoms. The van der Waals surface area contributed by atoms with Gasteiger partial charge in [0.05, 0.1) is 10.6 Å². The molecule has 0 saturated carbocycles. The van der Waals surface area contributed by atoms with Gasteiger partial charge in [-0.3, -0.25) is 14.9 Å². The molecular weight excluding hydrogens is 376 g/mol. The summed E-state index contributed by atoms with van der Waals surface area (Å²) >= 11 is 3.41. The molecule has 0 bridgehead atoms. The summed E-state index contributed by atoms with van der Waals surface area (Å²) in [6.45, 7) is 5.39. The highest BCUT2D eigenvalue weighted by Crippen LogP contribution is 2.27. The summed E-state index contributed by atoms with van der Waals surface area (Å²) < 4.78 is 6.55. The summed E-state index contributed by atoms with van der Waals surface area (Å²) in [7, 11) is 0. The Kier molecular flexibility index (Phi) is 5.56. The third kappa shape index (κ3) is 4.32. The molecule has 126 valence electrons. The fourth-order valence-corrected chi connectivity index (χ4v) is 2.99. The van der Waals surface area contributed by atoms with Crippen molar-refractivity contribution < 1.29 is 14.5 Å². The molecule has 0 atom stereocenters. The highest BCUT2D eigenvalue weighted by molar-refractivity contribution is 9.10.